The number of nitrogens with two attached hydrogens (primary N) is 2. The Morgan fingerprint density at radius 3 is 2.59 bits per heavy atom. The molecule has 8 atom stereocenters. The van der Waals surface area contributed by atoms with Crippen LogP contribution in [0.1, 0.15) is 59.8 Å². The maximum atomic E-state index is 12.1. The number of allylic oxidation sites excluding steroid dienone is 2. The highest BCUT2D eigenvalue weighted by Gasteiger charge is 2.51. The first-order chi connectivity index (χ1) is 16.0. The SMILES string of the molecule is CC(C=C[C@@H]1C[C@]2(CO2)C[C@@H](CC(N)=O)O1)=CC[C@@H]1O[C@H](C)[C@H](NC(=O)C=CC(C)N)C[C@@H]1C. The summed E-state index contributed by atoms with van der Waals surface area (Å²) < 4.78 is 18.0. The Kier molecular flexibility index (Phi) is 9.09. The lowest BCUT2D eigenvalue weighted by atomic mass is 9.88. The van der Waals surface area contributed by atoms with Crippen molar-refractivity contribution in [2.75, 3.05) is 6.61 Å². The highest BCUT2D eigenvalue weighted by atomic mass is 16.6. The number of hydrogen-bond acceptors (Lipinski definition) is 6. The van der Waals surface area contributed by atoms with E-state index in [0.29, 0.717) is 5.92 Å². The van der Waals surface area contributed by atoms with E-state index in [1.165, 1.54) is 6.08 Å². The number of carbonyl (C=O) groups excluding carboxylic acids is 2. The summed E-state index contributed by atoms with van der Waals surface area (Å²) >= 11 is 0. The summed E-state index contributed by atoms with van der Waals surface area (Å²) in [6, 6.07) is -0.169. The highest BCUT2D eigenvalue weighted by molar-refractivity contribution is 5.87. The second kappa shape index (κ2) is 11.6. The van der Waals surface area contributed by atoms with Gasteiger partial charge in [0, 0.05) is 25.0 Å². The van der Waals surface area contributed by atoms with E-state index in [1.54, 1.807) is 6.08 Å². The summed E-state index contributed by atoms with van der Waals surface area (Å²) in [6.07, 6.45) is 12.7. The molecule has 3 fully saturated rings. The Morgan fingerprint density at radius 2 is 1.94 bits per heavy atom. The first kappa shape index (κ1) is 26.6. The van der Waals surface area contributed by atoms with E-state index in [0.717, 1.165) is 37.9 Å². The van der Waals surface area contributed by atoms with E-state index in [9.17, 15) is 9.59 Å². The van der Waals surface area contributed by atoms with E-state index in [4.69, 9.17) is 25.7 Å². The fourth-order valence-electron chi connectivity index (χ4n) is 4.82. The predicted molar refractivity (Wildman–Crippen MR) is 131 cm³/mol. The quantitative estimate of drug-likeness (QED) is 0.267. The summed E-state index contributed by atoms with van der Waals surface area (Å²) in [6.45, 7) is 8.79. The van der Waals surface area contributed by atoms with Crippen LogP contribution in [0.3, 0.4) is 0 Å². The lowest BCUT2D eigenvalue weighted by Gasteiger charge is -2.39. The second-order valence-corrected chi connectivity index (χ2v) is 10.3. The van der Waals surface area contributed by atoms with E-state index in [-0.39, 0.29) is 60.3 Å². The van der Waals surface area contributed by atoms with Crippen molar-refractivity contribution in [1.29, 1.82) is 0 Å². The number of ether oxygens (including phenoxy) is 3. The van der Waals surface area contributed by atoms with Gasteiger partial charge in [0.05, 0.1) is 49.1 Å². The number of hydrogen-bond donors (Lipinski definition) is 3. The minimum Gasteiger partial charge on any atom is -0.373 e. The Balaban J connectivity index is 1.49. The van der Waals surface area contributed by atoms with Crippen molar-refractivity contribution in [1.82, 2.24) is 5.32 Å². The molecule has 8 nitrogen and oxygen atoms in total. The molecule has 0 aliphatic carbocycles. The third kappa shape index (κ3) is 8.05. The van der Waals surface area contributed by atoms with Gasteiger partial charge >= 0.3 is 0 Å². The second-order valence-electron chi connectivity index (χ2n) is 10.3. The number of nitrogens with one attached hydrogen (secondary N) is 1. The molecule has 1 unspecified atom stereocenters. The molecule has 3 aliphatic heterocycles. The molecule has 34 heavy (non-hydrogen) atoms. The summed E-state index contributed by atoms with van der Waals surface area (Å²) in [5, 5.41) is 3.04. The number of primary amides is 1. The van der Waals surface area contributed by atoms with Crippen molar-refractivity contribution < 1.29 is 23.8 Å². The topological polar surface area (TPSA) is 129 Å². The largest absolute Gasteiger partial charge is 0.373 e. The van der Waals surface area contributed by atoms with Gasteiger partial charge < -0.3 is 31.0 Å². The third-order valence-corrected chi connectivity index (χ3v) is 6.86. The number of rotatable bonds is 9. The van der Waals surface area contributed by atoms with Crippen molar-refractivity contribution in [3.63, 3.8) is 0 Å². The zero-order chi connectivity index (χ0) is 24.9. The van der Waals surface area contributed by atoms with Gasteiger partial charge in [0.1, 0.15) is 0 Å². The lowest BCUT2D eigenvalue weighted by molar-refractivity contribution is -0.125. The lowest BCUT2D eigenvalue weighted by Crippen LogP contribution is -2.50. The minimum atomic E-state index is -0.347. The number of carbonyl (C=O) groups is 2. The van der Waals surface area contributed by atoms with Crippen LogP contribution in [0.25, 0.3) is 0 Å². The molecule has 0 aromatic heterocycles. The summed E-state index contributed by atoms with van der Waals surface area (Å²) in [7, 11) is 0. The fraction of sp³-hybridized carbons (Fsp3) is 0.692. The van der Waals surface area contributed by atoms with Gasteiger partial charge in [-0.3, -0.25) is 9.59 Å². The van der Waals surface area contributed by atoms with Crippen molar-refractivity contribution in [3.05, 3.63) is 36.0 Å². The predicted octanol–water partition coefficient (Wildman–Crippen LogP) is 2.27. The van der Waals surface area contributed by atoms with Crippen molar-refractivity contribution in [2.24, 2.45) is 17.4 Å². The van der Waals surface area contributed by atoms with Gasteiger partial charge in [-0.05, 0) is 39.5 Å². The Bertz CT molecular complexity index is 817. The Hall–Kier alpha value is -2.00. The molecule has 1 spiro atoms. The van der Waals surface area contributed by atoms with Gasteiger partial charge in [-0.2, -0.15) is 0 Å². The van der Waals surface area contributed by atoms with Crippen LogP contribution in [0.5, 0.6) is 0 Å². The molecule has 5 N–H and O–H groups in total. The maximum absolute atomic E-state index is 12.1. The van der Waals surface area contributed by atoms with E-state index < -0.39 is 0 Å². The maximum Gasteiger partial charge on any atom is 0.244 e. The summed E-state index contributed by atoms with van der Waals surface area (Å²) in [4.78, 5) is 23.4. The van der Waals surface area contributed by atoms with Gasteiger partial charge in [0.15, 0.2) is 0 Å². The summed E-state index contributed by atoms with van der Waals surface area (Å²) in [5.41, 5.74) is 12.0. The van der Waals surface area contributed by atoms with Crippen LogP contribution < -0.4 is 16.8 Å². The van der Waals surface area contributed by atoms with E-state index in [1.807, 2.05) is 13.8 Å². The van der Waals surface area contributed by atoms with Gasteiger partial charge in [0.2, 0.25) is 11.8 Å². The molecule has 8 heteroatoms. The average molecular weight is 476 g/mol. The molecule has 0 saturated carbocycles. The highest BCUT2D eigenvalue weighted by Crippen LogP contribution is 2.43. The Labute approximate surface area is 203 Å². The standard InChI is InChI=1S/C26H41N3O5/c1-16(5-8-20-13-26(15-32-26)14-21(34-20)12-24(28)30)6-9-23-17(2)11-22(19(4)33-23)29-25(31)10-7-18(3)27/h5-8,10,17-23H,9,11-15,27H2,1-4H3,(H2,28,30)(H,29,31)/t17-,18?,19+,20+,21+,22+,23-,26+/m0/s1. The van der Waals surface area contributed by atoms with Crippen LogP contribution in [0.4, 0.5) is 0 Å². The molecule has 3 aliphatic rings. The molecule has 0 bridgehead atoms. The Morgan fingerprint density at radius 1 is 1.21 bits per heavy atom. The monoisotopic (exact) mass is 475 g/mol. The van der Waals surface area contributed by atoms with Crippen LogP contribution in [0.15, 0.2) is 36.0 Å². The van der Waals surface area contributed by atoms with Crippen LogP contribution in [0, 0.1) is 5.92 Å². The molecule has 0 aromatic rings. The average Bonchev–Trinajstić information content (AvgIpc) is 3.49. The minimum absolute atomic E-state index is 0.0183. The van der Waals surface area contributed by atoms with Crippen LogP contribution >= 0.6 is 0 Å². The van der Waals surface area contributed by atoms with Crippen molar-refractivity contribution >= 4 is 11.8 Å². The van der Waals surface area contributed by atoms with Crippen molar-refractivity contribution in [2.45, 2.75) is 102 Å². The van der Waals surface area contributed by atoms with Gasteiger partial charge in [-0.25, -0.2) is 0 Å². The molecular weight excluding hydrogens is 434 g/mol. The fourth-order valence-corrected chi connectivity index (χ4v) is 4.82. The third-order valence-electron chi connectivity index (χ3n) is 6.86. The molecule has 3 rings (SSSR count). The molecule has 0 radical (unpaired) electrons. The van der Waals surface area contributed by atoms with Gasteiger partial charge in [-0.15, -0.1) is 0 Å². The normalized spacial score (nSPS) is 37.3. The first-order valence-corrected chi connectivity index (χ1v) is 12.4. The van der Waals surface area contributed by atoms with Crippen LogP contribution in [-0.2, 0) is 23.8 Å². The zero-order valence-electron chi connectivity index (χ0n) is 20.9. The smallest absolute Gasteiger partial charge is 0.244 e. The summed E-state index contributed by atoms with van der Waals surface area (Å²) in [5.74, 6) is -0.165. The van der Waals surface area contributed by atoms with Gasteiger partial charge in [0.25, 0.3) is 0 Å². The molecule has 190 valence electrons. The molecule has 3 saturated heterocycles. The van der Waals surface area contributed by atoms with E-state index >= 15 is 0 Å². The van der Waals surface area contributed by atoms with Gasteiger partial charge in [-0.1, -0.05) is 36.8 Å². The number of amides is 2. The van der Waals surface area contributed by atoms with Crippen LogP contribution in [-0.4, -0.2) is 60.5 Å². The van der Waals surface area contributed by atoms with Crippen LogP contribution in [0.2, 0.25) is 0 Å². The molecule has 3 heterocycles. The zero-order valence-corrected chi connectivity index (χ0v) is 20.9. The van der Waals surface area contributed by atoms with E-state index in [2.05, 4.69) is 37.4 Å². The van der Waals surface area contributed by atoms with Crippen molar-refractivity contribution in [3.8, 4) is 0 Å². The molecular formula is C26H41N3O5. The molecule has 2 amide bonds. The number of epoxide rings is 1. The first-order valence-electron chi connectivity index (χ1n) is 12.4. The molecule has 0 aromatic carbocycles.